The summed E-state index contributed by atoms with van der Waals surface area (Å²) in [6.45, 7) is 5.52. The third-order valence-corrected chi connectivity index (χ3v) is 4.27. The molecule has 0 spiro atoms. The lowest BCUT2D eigenvalue weighted by molar-refractivity contribution is 0.141. The molecule has 2 aliphatic heterocycles. The van der Waals surface area contributed by atoms with Gasteiger partial charge in [0.15, 0.2) is 0 Å². The number of aromatic nitrogens is 3. The van der Waals surface area contributed by atoms with Crippen molar-refractivity contribution >= 4 is 0 Å². The molecule has 3 rings (SSSR count). The number of likely N-dealkylation sites (tertiary alicyclic amines) is 1. The third kappa shape index (κ3) is 2.17. The zero-order valence-electron chi connectivity index (χ0n) is 11.4. The van der Waals surface area contributed by atoms with Crippen molar-refractivity contribution < 1.29 is 0 Å². The van der Waals surface area contributed by atoms with Crippen LogP contribution in [0.1, 0.15) is 43.4 Å². The van der Waals surface area contributed by atoms with Crippen LogP contribution < -0.4 is 5.32 Å². The van der Waals surface area contributed by atoms with Gasteiger partial charge in [0.1, 0.15) is 11.6 Å². The molecule has 2 saturated heterocycles. The molecule has 1 aromatic rings. The van der Waals surface area contributed by atoms with Crippen LogP contribution in [0.3, 0.4) is 0 Å². The maximum Gasteiger partial charge on any atom is 0.147 e. The van der Waals surface area contributed by atoms with Gasteiger partial charge in [0.25, 0.3) is 0 Å². The van der Waals surface area contributed by atoms with Crippen molar-refractivity contribution in [1.29, 1.82) is 0 Å². The summed E-state index contributed by atoms with van der Waals surface area (Å²) in [7, 11) is 2.02. The highest BCUT2D eigenvalue weighted by Crippen LogP contribution is 2.34. The normalized spacial score (nSPS) is 26.9. The topological polar surface area (TPSA) is 46.0 Å². The van der Waals surface area contributed by atoms with Gasteiger partial charge >= 0.3 is 0 Å². The van der Waals surface area contributed by atoms with Gasteiger partial charge in [-0.25, -0.2) is 4.98 Å². The fourth-order valence-electron chi connectivity index (χ4n) is 3.46. The Balaban J connectivity index is 1.80. The van der Waals surface area contributed by atoms with Gasteiger partial charge in [-0.05, 0) is 52.2 Å². The Labute approximate surface area is 109 Å². The highest BCUT2D eigenvalue weighted by atomic mass is 15.4. The fraction of sp³-hybridized carbons (Fsp3) is 0.846. The van der Waals surface area contributed by atoms with Crippen LogP contribution in [-0.4, -0.2) is 45.3 Å². The van der Waals surface area contributed by atoms with Crippen LogP contribution in [-0.2, 0) is 7.05 Å². The molecule has 2 fully saturated rings. The van der Waals surface area contributed by atoms with Crippen LogP contribution in [0, 0.1) is 6.92 Å². The number of piperidine rings is 1. The van der Waals surface area contributed by atoms with Gasteiger partial charge in [-0.15, -0.1) is 0 Å². The summed E-state index contributed by atoms with van der Waals surface area (Å²) in [5, 5.41) is 7.85. The van der Waals surface area contributed by atoms with Crippen LogP contribution in [0.15, 0.2) is 0 Å². The van der Waals surface area contributed by atoms with Crippen molar-refractivity contribution in [2.75, 3.05) is 19.6 Å². The zero-order chi connectivity index (χ0) is 12.5. The average molecular weight is 249 g/mol. The van der Waals surface area contributed by atoms with Gasteiger partial charge in [-0.1, -0.05) is 0 Å². The van der Waals surface area contributed by atoms with Gasteiger partial charge in [0, 0.05) is 13.1 Å². The zero-order valence-corrected chi connectivity index (χ0v) is 11.4. The number of rotatable bonds is 2. The minimum absolute atomic E-state index is 0.485. The van der Waals surface area contributed by atoms with Gasteiger partial charge in [0.05, 0.1) is 6.04 Å². The second kappa shape index (κ2) is 4.97. The van der Waals surface area contributed by atoms with Crippen molar-refractivity contribution in [3.8, 4) is 0 Å². The number of hydrogen-bond donors (Lipinski definition) is 1. The summed E-state index contributed by atoms with van der Waals surface area (Å²) in [5.74, 6) is 2.05. The molecule has 0 saturated carbocycles. The lowest BCUT2D eigenvalue weighted by atomic mass is 10.0. The van der Waals surface area contributed by atoms with Gasteiger partial charge in [-0.3, -0.25) is 9.58 Å². The largest absolute Gasteiger partial charge is 0.317 e. The molecule has 2 aliphatic rings. The summed E-state index contributed by atoms with van der Waals surface area (Å²) < 4.78 is 1.97. The lowest BCUT2D eigenvalue weighted by Crippen LogP contribution is -2.43. The molecule has 0 radical (unpaired) electrons. The Morgan fingerprint density at radius 1 is 1.22 bits per heavy atom. The Bertz CT molecular complexity index is 408. The van der Waals surface area contributed by atoms with Crippen LogP contribution in [0.25, 0.3) is 0 Å². The first-order valence-electron chi connectivity index (χ1n) is 7.09. The van der Waals surface area contributed by atoms with E-state index in [0.29, 0.717) is 6.04 Å². The van der Waals surface area contributed by atoms with E-state index < -0.39 is 0 Å². The Morgan fingerprint density at radius 2 is 2.00 bits per heavy atom. The molecule has 1 unspecified atom stereocenters. The summed E-state index contributed by atoms with van der Waals surface area (Å²) in [6, 6.07) is 1.22. The van der Waals surface area contributed by atoms with Gasteiger partial charge < -0.3 is 5.32 Å². The standard InChI is InChI=1S/C13H23N5/c1-10-15-13(17(2)16-10)12-4-3-9-18(12)11-5-7-14-8-6-11/h11-12,14H,3-9H2,1-2H3. The molecule has 1 atom stereocenters. The van der Waals surface area contributed by atoms with E-state index in [1.54, 1.807) is 0 Å². The number of hydrogen-bond acceptors (Lipinski definition) is 4. The molecule has 0 bridgehead atoms. The lowest BCUT2D eigenvalue weighted by Gasteiger charge is -2.35. The predicted molar refractivity (Wildman–Crippen MR) is 70.3 cm³/mol. The van der Waals surface area contributed by atoms with E-state index in [1.165, 1.54) is 32.2 Å². The summed E-state index contributed by atoms with van der Waals surface area (Å²) >= 11 is 0. The van der Waals surface area contributed by atoms with Crippen LogP contribution >= 0.6 is 0 Å². The summed E-state index contributed by atoms with van der Waals surface area (Å²) in [4.78, 5) is 7.30. The molecule has 100 valence electrons. The summed E-state index contributed by atoms with van der Waals surface area (Å²) in [6.07, 6.45) is 5.07. The van der Waals surface area contributed by atoms with Gasteiger partial charge in [-0.2, -0.15) is 5.10 Å². The molecule has 0 aromatic carbocycles. The second-order valence-electron chi connectivity index (χ2n) is 5.52. The van der Waals surface area contributed by atoms with Crippen LogP contribution in [0.4, 0.5) is 0 Å². The van der Waals surface area contributed by atoms with E-state index in [4.69, 9.17) is 0 Å². The number of aryl methyl sites for hydroxylation is 2. The monoisotopic (exact) mass is 249 g/mol. The molecule has 5 nitrogen and oxygen atoms in total. The molecular formula is C13H23N5. The van der Waals surface area contributed by atoms with Crippen molar-refractivity contribution in [2.24, 2.45) is 7.05 Å². The molecule has 0 amide bonds. The first kappa shape index (κ1) is 12.1. The van der Waals surface area contributed by atoms with Gasteiger partial charge in [0.2, 0.25) is 0 Å². The first-order chi connectivity index (χ1) is 8.75. The maximum absolute atomic E-state index is 4.63. The van der Waals surface area contributed by atoms with E-state index >= 15 is 0 Å². The second-order valence-corrected chi connectivity index (χ2v) is 5.52. The number of nitrogens with one attached hydrogen (secondary N) is 1. The summed E-state index contributed by atoms with van der Waals surface area (Å²) in [5.41, 5.74) is 0. The molecule has 0 aliphatic carbocycles. The third-order valence-electron chi connectivity index (χ3n) is 4.27. The maximum atomic E-state index is 4.63. The van der Waals surface area contributed by atoms with Crippen molar-refractivity contribution in [3.63, 3.8) is 0 Å². The van der Waals surface area contributed by atoms with E-state index in [0.717, 1.165) is 30.8 Å². The highest BCUT2D eigenvalue weighted by molar-refractivity contribution is 5.03. The SMILES string of the molecule is Cc1nc(C2CCCN2C2CCNCC2)n(C)n1. The molecule has 18 heavy (non-hydrogen) atoms. The number of nitrogens with zero attached hydrogens (tertiary/aromatic N) is 4. The Kier molecular flexibility index (Phi) is 3.35. The highest BCUT2D eigenvalue weighted by Gasteiger charge is 2.34. The smallest absolute Gasteiger partial charge is 0.147 e. The van der Waals surface area contributed by atoms with E-state index in [2.05, 4.69) is 20.3 Å². The Hall–Kier alpha value is -0.940. The van der Waals surface area contributed by atoms with E-state index in [-0.39, 0.29) is 0 Å². The molecule has 5 heteroatoms. The minimum atomic E-state index is 0.485. The molecule has 1 aromatic heterocycles. The first-order valence-corrected chi connectivity index (χ1v) is 7.09. The van der Waals surface area contributed by atoms with Crippen LogP contribution in [0.5, 0.6) is 0 Å². The molecule has 3 heterocycles. The molecular weight excluding hydrogens is 226 g/mol. The predicted octanol–water partition coefficient (Wildman–Crippen LogP) is 1.01. The average Bonchev–Trinajstić information content (AvgIpc) is 2.96. The van der Waals surface area contributed by atoms with Crippen molar-refractivity contribution in [3.05, 3.63) is 11.6 Å². The molecule has 1 N–H and O–H groups in total. The van der Waals surface area contributed by atoms with Crippen molar-refractivity contribution in [2.45, 2.75) is 44.7 Å². The Morgan fingerprint density at radius 3 is 2.67 bits per heavy atom. The minimum Gasteiger partial charge on any atom is -0.317 e. The quantitative estimate of drug-likeness (QED) is 0.850. The fourth-order valence-corrected chi connectivity index (χ4v) is 3.46. The van der Waals surface area contributed by atoms with E-state index in [9.17, 15) is 0 Å². The van der Waals surface area contributed by atoms with E-state index in [1.807, 2.05) is 18.7 Å². The van der Waals surface area contributed by atoms with Crippen molar-refractivity contribution in [1.82, 2.24) is 25.0 Å². The van der Waals surface area contributed by atoms with Crippen LogP contribution in [0.2, 0.25) is 0 Å².